The van der Waals surface area contributed by atoms with Crippen molar-refractivity contribution in [3.63, 3.8) is 0 Å². The van der Waals surface area contributed by atoms with Crippen molar-refractivity contribution in [2.75, 3.05) is 5.73 Å². The summed E-state index contributed by atoms with van der Waals surface area (Å²) in [5.41, 5.74) is 9.13. The van der Waals surface area contributed by atoms with Gasteiger partial charge in [0.25, 0.3) is 0 Å². The van der Waals surface area contributed by atoms with Gasteiger partial charge in [0.2, 0.25) is 0 Å². The molecule has 0 amide bonds. The van der Waals surface area contributed by atoms with Gasteiger partial charge in [-0.25, -0.2) is 9.37 Å². The quantitative estimate of drug-likeness (QED) is 0.722. The SMILES string of the molecule is CC(C)CCn1c(-c2ccc(N)cc2)nc2cc(F)ccc21. The summed E-state index contributed by atoms with van der Waals surface area (Å²) in [5, 5.41) is 0. The lowest BCUT2D eigenvalue weighted by atomic mass is 10.1. The predicted octanol–water partition coefficient (Wildman–Crippen LogP) is 4.47. The molecular weight excluding hydrogens is 277 g/mol. The van der Waals surface area contributed by atoms with Crippen molar-refractivity contribution >= 4 is 16.7 Å². The van der Waals surface area contributed by atoms with Crippen LogP contribution in [-0.2, 0) is 6.54 Å². The minimum atomic E-state index is -0.259. The van der Waals surface area contributed by atoms with Crippen molar-refractivity contribution in [1.29, 1.82) is 0 Å². The molecule has 1 aromatic heterocycles. The lowest BCUT2D eigenvalue weighted by Gasteiger charge is -2.11. The summed E-state index contributed by atoms with van der Waals surface area (Å²) in [6, 6.07) is 12.4. The van der Waals surface area contributed by atoms with E-state index in [9.17, 15) is 4.39 Å². The molecule has 4 heteroatoms. The van der Waals surface area contributed by atoms with Crippen LogP contribution in [0, 0.1) is 11.7 Å². The zero-order chi connectivity index (χ0) is 15.7. The maximum absolute atomic E-state index is 13.5. The van der Waals surface area contributed by atoms with Crippen LogP contribution in [-0.4, -0.2) is 9.55 Å². The Morgan fingerprint density at radius 3 is 2.55 bits per heavy atom. The Bertz CT molecular complexity index is 788. The van der Waals surface area contributed by atoms with Gasteiger partial charge < -0.3 is 10.3 Å². The monoisotopic (exact) mass is 297 g/mol. The number of hydrogen-bond acceptors (Lipinski definition) is 2. The molecule has 0 aliphatic heterocycles. The Hall–Kier alpha value is -2.36. The zero-order valence-electron chi connectivity index (χ0n) is 12.9. The molecule has 0 aliphatic carbocycles. The molecule has 0 bridgehead atoms. The second-order valence-electron chi connectivity index (χ2n) is 6.02. The number of anilines is 1. The highest BCUT2D eigenvalue weighted by Crippen LogP contribution is 2.27. The molecule has 2 aromatic carbocycles. The van der Waals surface area contributed by atoms with Crippen molar-refractivity contribution in [3.8, 4) is 11.4 Å². The minimum Gasteiger partial charge on any atom is -0.399 e. The highest BCUT2D eigenvalue weighted by atomic mass is 19.1. The van der Waals surface area contributed by atoms with Gasteiger partial charge in [-0.2, -0.15) is 0 Å². The molecule has 0 atom stereocenters. The molecule has 2 N–H and O–H groups in total. The zero-order valence-corrected chi connectivity index (χ0v) is 12.9. The second-order valence-corrected chi connectivity index (χ2v) is 6.02. The molecule has 0 spiro atoms. The van der Waals surface area contributed by atoms with Crippen LogP contribution >= 0.6 is 0 Å². The molecule has 0 fully saturated rings. The fraction of sp³-hybridized carbons (Fsp3) is 0.278. The van der Waals surface area contributed by atoms with Crippen LogP contribution in [0.5, 0.6) is 0 Å². The smallest absolute Gasteiger partial charge is 0.141 e. The number of nitrogens with zero attached hydrogens (tertiary/aromatic N) is 2. The van der Waals surface area contributed by atoms with E-state index < -0.39 is 0 Å². The number of imidazole rings is 1. The van der Waals surface area contributed by atoms with E-state index in [1.54, 1.807) is 6.07 Å². The molecule has 0 aliphatic rings. The number of benzene rings is 2. The highest BCUT2D eigenvalue weighted by Gasteiger charge is 2.13. The molecule has 3 nitrogen and oxygen atoms in total. The van der Waals surface area contributed by atoms with Crippen LogP contribution < -0.4 is 5.73 Å². The molecule has 3 rings (SSSR count). The van der Waals surface area contributed by atoms with E-state index in [2.05, 4.69) is 23.4 Å². The average molecular weight is 297 g/mol. The Kier molecular flexibility index (Phi) is 3.84. The van der Waals surface area contributed by atoms with Crippen LogP contribution in [0.1, 0.15) is 20.3 Å². The maximum atomic E-state index is 13.5. The second kappa shape index (κ2) is 5.79. The van der Waals surface area contributed by atoms with Crippen LogP contribution in [0.15, 0.2) is 42.5 Å². The Morgan fingerprint density at radius 2 is 1.86 bits per heavy atom. The highest BCUT2D eigenvalue weighted by molar-refractivity contribution is 5.81. The van der Waals surface area contributed by atoms with Crippen LogP contribution in [0.3, 0.4) is 0 Å². The van der Waals surface area contributed by atoms with Crippen LogP contribution in [0.2, 0.25) is 0 Å². The molecule has 22 heavy (non-hydrogen) atoms. The first-order chi connectivity index (χ1) is 10.5. The fourth-order valence-corrected chi connectivity index (χ4v) is 2.57. The van der Waals surface area contributed by atoms with Gasteiger partial charge in [0.15, 0.2) is 0 Å². The molecule has 1 heterocycles. The number of aryl methyl sites for hydroxylation is 1. The minimum absolute atomic E-state index is 0.259. The summed E-state index contributed by atoms with van der Waals surface area (Å²) >= 11 is 0. The number of nitrogen functional groups attached to an aromatic ring is 1. The van der Waals surface area contributed by atoms with E-state index >= 15 is 0 Å². The summed E-state index contributed by atoms with van der Waals surface area (Å²) in [5.74, 6) is 1.20. The van der Waals surface area contributed by atoms with Crippen molar-refractivity contribution in [2.45, 2.75) is 26.8 Å². The topological polar surface area (TPSA) is 43.8 Å². The van der Waals surface area contributed by atoms with E-state index in [1.807, 2.05) is 24.3 Å². The van der Waals surface area contributed by atoms with Crippen molar-refractivity contribution in [2.24, 2.45) is 5.92 Å². The molecule has 0 radical (unpaired) electrons. The molecular formula is C18H20FN3. The summed E-state index contributed by atoms with van der Waals surface area (Å²) in [6.45, 7) is 5.25. The first kappa shape index (κ1) is 14.6. The van der Waals surface area contributed by atoms with Crippen LogP contribution in [0.4, 0.5) is 10.1 Å². The Morgan fingerprint density at radius 1 is 1.14 bits per heavy atom. The van der Waals surface area contributed by atoms with Crippen molar-refractivity contribution in [3.05, 3.63) is 48.3 Å². The first-order valence-electron chi connectivity index (χ1n) is 7.56. The fourth-order valence-electron chi connectivity index (χ4n) is 2.57. The number of halogens is 1. The van der Waals surface area contributed by atoms with E-state index in [0.29, 0.717) is 11.4 Å². The number of nitrogens with two attached hydrogens (primary N) is 1. The van der Waals surface area contributed by atoms with E-state index in [4.69, 9.17) is 5.73 Å². The summed E-state index contributed by atoms with van der Waals surface area (Å²) in [6.07, 6.45) is 1.05. The Balaban J connectivity index is 2.14. The van der Waals surface area contributed by atoms with E-state index in [1.165, 1.54) is 12.1 Å². The summed E-state index contributed by atoms with van der Waals surface area (Å²) in [7, 11) is 0. The molecule has 0 saturated carbocycles. The third-order valence-electron chi connectivity index (χ3n) is 3.81. The lowest BCUT2D eigenvalue weighted by Crippen LogP contribution is -2.03. The molecule has 0 saturated heterocycles. The van der Waals surface area contributed by atoms with Gasteiger partial charge >= 0.3 is 0 Å². The third-order valence-corrected chi connectivity index (χ3v) is 3.81. The number of hydrogen-bond donors (Lipinski definition) is 1. The lowest BCUT2D eigenvalue weighted by molar-refractivity contribution is 0.525. The molecule has 114 valence electrons. The predicted molar refractivity (Wildman–Crippen MR) is 89.0 cm³/mol. The van der Waals surface area contributed by atoms with E-state index in [-0.39, 0.29) is 5.82 Å². The van der Waals surface area contributed by atoms with Gasteiger partial charge in [0, 0.05) is 23.9 Å². The first-order valence-corrected chi connectivity index (χ1v) is 7.56. The van der Waals surface area contributed by atoms with Crippen molar-refractivity contribution in [1.82, 2.24) is 9.55 Å². The normalized spacial score (nSPS) is 11.5. The standard InChI is InChI=1S/C18H20FN3/c1-12(2)9-10-22-17-8-5-14(19)11-16(17)21-18(22)13-3-6-15(20)7-4-13/h3-8,11-12H,9-10,20H2,1-2H3. The van der Waals surface area contributed by atoms with Gasteiger partial charge in [-0.3, -0.25) is 0 Å². The third kappa shape index (κ3) is 2.82. The van der Waals surface area contributed by atoms with E-state index in [0.717, 1.165) is 35.6 Å². The van der Waals surface area contributed by atoms with Gasteiger partial charge in [-0.05, 0) is 48.7 Å². The number of aromatic nitrogens is 2. The molecule has 0 unspecified atom stereocenters. The van der Waals surface area contributed by atoms with Gasteiger partial charge in [-0.15, -0.1) is 0 Å². The van der Waals surface area contributed by atoms with Crippen LogP contribution in [0.25, 0.3) is 22.4 Å². The number of fused-ring (bicyclic) bond motifs is 1. The number of rotatable bonds is 4. The average Bonchev–Trinajstić information content (AvgIpc) is 2.83. The molecule has 3 aromatic rings. The summed E-state index contributed by atoms with van der Waals surface area (Å²) < 4.78 is 15.6. The van der Waals surface area contributed by atoms with Crippen molar-refractivity contribution < 1.29 is 4.39 Å². The largest absolute Gasteiger partial charge is 0.399 e. The summed E-state index contributed by atoms with van der Waals surface area (Å²) in [4.78, 5) is 4.63. The maximum Gasteiger partial charge on any atom is 0.141 e. The van der Waals surface area contributed by atoms with Gasteiger partial charge in [0.05, 0.1) is 11.0 Å². The van der Waals surface area contributed by atoms with Gasteiger partial charge in [0.1, 0.15) is 11.6 Å². The van der Waals surface area contributed by atoms with Gasteiger partial charge in [-0.1, -0.05) is 13.8 Å². The Labute approximate surface area is 129 Å².